The van der Waals surface area contributed by atoms with Crippen LogP contribution in [0.25, 0.3) is 0 Å². The summed E-state index contributed by atoms with van der Waals surface area (Å²) < 4.78 is 5.53. The minimum Gasteiger partial charge on any atom is -0.501 e. The summed E-state index contributed by atoms with van der Waals surface area (Å²) in [5, 5.41) is 24.2. The molecular formula is C26H40O3Si. The number of hydrogen-bond donors (Lipinski definition) is 2. The van der Waals surface area contributed by atoms with E-state index >= 15 is 0 Å². The molecular weight excluding hydrogens is 388 g/mol. The van der Waals surface area contributed by atoms with Gasteiger partial charge >= 0.3 is 0 Å². The van der Waals surface area contributed by atoms with Crippen LogP contribution in [0.1, 0.15) is 59.3 Å². The lowest BCUT2D eigenvalue weighted by molar-refractivity contribution is -0.194. The molecule has 0 aromatic heterocycles. The van der Waals surface area contributed by atoms with Crippen molar-refractivity contribution in [2.24, 2.45) is 28.6 Å². The van der Waals surface area contributed by atoms with Crippen LogP contribution in [-0.2, 0) is 4.74 Å². The lowest BCUT2D eigenvalue weighted by atomic mass is 9.45. The molecule has 4 aliphatic carbocycles. The topological polar surface area (TPSA) is 49.7 Å². The highest BCUT2D eigenvalue weighted by molar-refractivity contribution is 6.83. The van der Waals surface area contributed by atoms with Crippen molar-refractivity contribution in [1.82, 2.24) is 0 Å². The van der Waals surface area contributed by atoms with E-state index in [-0.39, 0.29) is 28.6 Å². The van der Waals surface area contributed by atoms with E-state index in [2.05, 4.69) is 64.0 Å². The van der Waals surface area contributed by atoms with E-state index < -0.39 is 19.3 Å². The van der Waals surface area contributed by atoms with Gasteiger partial charge in [-0.1, -0.05) is 52.4 Å². The van der Waals surface area contributed by atoms with E-state index in [0.29, 0.717) is 0 Å². The first kappa shape index (κ1) is 22.2. The van der Waals surface area contributed by atoms with E-state index in [4.69, 9.17) is 4.74 Å². The molecule has 0 bridgehead atoms. The SMILES string of the molecule is COC1=CC2=CC[C@H]3[C@@H]4C[C@H](C)[C@@](O)(C#C[Si](C)(C)C)[C@@]4(C)CC[C@]3(O)[C@@]2(C)CC1. The Balaban J connectivity index is 1.75. The molecule has 0 aliphatic heterocycles. The number of fused-ring (bicyclic) bond motifs is 5. The smallest absolute Gasteiger partial charge is 0.133 e. The van der Waals surface area contributed by atoms with E-state index in [1.165, 1.54) is 5.57 Å². The van der Waals surface area contributed by atoms with Crippen LogP contribution >= 0.6 is 0 Å². The number of allylic oxidation sites excluding steroid dienone is 3. The van der Waals surface area contributed by atoms with Crippen LogP contribution in [0.15, 0.2) is 23.5 Å². The van der Waals surface area contributed by atoms with Crippen molar-refractivity contribution in [1.29, 1.82) is 0 Å². The Labute approximate surface area is 184 Å². The highest BCUT2D eigenvalue weighted by Gasteiger charge is 2.70. The number of aliphatic hydroxyl groups is 2. The predicted octanol–water partition coefficient (Wildman–Crippen LogP) is 5.06. The van der Waals surface area contributed by atoms with Crippen molar-refractivity contribution in [2.45, 2.75) is 90.1 Å². The summed E-state index contributed by atoms with van der Waals surface area (Å²) in [6.45, 7) is 13.4. The van der Waals surface area contributed by atoms with Gasteiger partial charge in [0, 0.05) is 17.3 Å². The van der Waals surface area contributed by atoms with Gasteiger partial charge in [0.15, 0.2) is 0 Å². The first-order valence-corrected chi connectivity index (χ1v) is 15.2. The second kappa shape index (κ2) is 6.74. The monoisotopic (exact) mass is 428 g/mol. The molecule has 3 nitrogen and oxygen atoms in total. The summed E-state index contributed by atoms with van der Waals surface area (Å²) in [7, 11) is 0.156. The predicted molar refractivity (Wildman–Crippen MR) is 124 cm³/mol. The average molecular weight is 429 g/mol. The summed E-state index contributed by atoms with van der Waals surface area (Å²) in [5.41, 5.74) is 2.53. The zero-order chi connectivity index (χ0) is 22.2. The molecule has 7 atom stereocenters. The largest absolute Gasteiger partial charge is 0.501 e. The molecule has 30 heavy (non-hydrogen) atoms. The van der Waals surface area contributed by atoms with Crippen molar-refractivity contribution < 1.29 is 14.9 Å². The van der Waals surface area contributed by atoms with Gasteiger partial charge in [0.05, 0.1) is 18.5 Å². The molecule has 0 heterocycles. The van der Waals surface area contributed by atoms with Crippen LogP contribution in [0.5, 0.6) is 0 Å². The molecule has 2 saturated carbocycles. The van der Waals surface area contributed by atoms with E-state index in [9.17, 15) is 10.2 Å². The fraction of sp³-hybridized carbons (Fsp3) is 0.769. The van der Waals surface area contributed by atoms with Crippen LogP contribution in [0.4, 0.5) is 0 Å². The number of hydrogen-bond acceptors (Lipinski definition) is 3. The third kappa shape index (κ3) is 2.85. The quantitative estimate of drug-likeness (QED) is 0.453. The maximum atomic E-state index is 12.3. The Morgan fingerprint density at radius 3 is 2.43 bits per heavy atom. The van der Waals surface area contributed by atoms with E-state index in [0.717, 1.165) is 44.3 Å². The number of ether oxygens (including phenoxy) is 1. The maximum Gasteiger partial charge on any atom is 0.133 e. The molecule has 4 aliphatic rings. The molecule has 0 spiro atoms. The van der Waals surface area contributed by atoms with Crippen molar-refractivity contribution in [3.05, 3.63) is 23.5 Å². The van der Waals surface area contributed by atoms with Crippen LogP contribution in [0.2, 0.25) is 19.6 Å². The second-order valence-corrected chi connectivity index (χ2v) is 16.7. The average Bonchev–Trinajstić information content (AvgIpc) is 2.87. The Bertz CT molecular complexity index is 858. The summed E-state index contributed by atoms with van der Waals surface area (Å²) in [5.74, 6) is 5.03. The molecule has 4 rings (SSSR count). The van der Waals surface area contributed by atoms with Crippen LogP contribution in [0, 0.1) is 40.0 Å². The van der Waals surface area contributed by atoms with Gasteiger partial charge in [-0.15, -0.1) is 5.54 Å². The standard InChI is InChI=1S/C26H40O3Si/c1-18-16-22-21-9-8-19-17-20(29-4)10-11-23(19,2)26(21,28)13-12-24(22,3)25(18,27)14-15-30(5,6)7/h8,17-18,21-22,27-28H,9-13,16H2,1-7H3/t18-,21-,22-,23-,24-,25-,26+/m0/s1. The van der Waals surface area contributed by atoms with E-state index in [1.54, 1.807) is 7.11 Å². The second-order valence-electron chi connectivity index (χ2n) is 12.0. The van der Waals surface area contributed by atoms with Crippen LogP contribution in [0.3, 0.4) is 0 Å². The van der Waals surface area contributed by atoms with Crippen LogP contribution in [-0.4, -0.2) is 36.6 Å². The maximum absolute atomic E-state index is 12.3. The minimum absolute atomic E-state index is 0.128. The van der Waals surface area contributed by atoms with Crippen molar-refractivity contribution in [3.8, 4) is 11.5 Å². The van der Waals surface area contributed by atoms with Gasteiger partial charge < -0.3 is 14.9 Å². The molecule has 4 heteroatoms. The third-order valence-corrected chi connectivity index (χ3v) is 10.3. The molecule has 0 radical (unpaired) electrons. The Hall–Kier alpha value is -1.02. The first-order chi connectivity index (χ1) is 13.8. The third-order valence-electron chi connectivity index (χ3n) is 9.40. The lowest BCUT2D eigenvalue weighted by Crippen LogP contribution is -2.64. The molecule has 0 aromatic rings. The fourth-order valence-electron chi connectivity index (χ4n) is 7.29. The highest BCUT2D eigenvalue weighted by atomic mass is 28.3. The summed E-state index contributed by atoms with van der Waals surface area (Å²) in [4.78, 5) is 0. The van der Waals surface area contributed by atoms with Gasteiger partial charge in [0.25, 0.3) is 0 Å². The molecule has 2 N–H and O–H groups in total. The summed E-state index contributed by atoms with van der Waals surface area (Å²) in [6.07, 6.45) is 9.69. The Morgan fingerprint density at radius 1 is 1.10 bits per heavy atom. The van der Waals surface area contributed by atoms with Crippen molar-refractivity contribution in [3.63, 3.8) is 0 Å². The number of rotatable bonds is 1. The van der Waals surface area contributed by atoms with Crippen LogP contribution < -0.4 is 0 Å². The van der Waals surface area contributed by atoms with Gasteiger partial charge in [-0.25, -0.2) is 0 Å². The summed E-state index contributed by atoms with van der Waals surface area (Å²) >= 11 is 0. The zero-order valence-electron chi connectivity index (χ0n) is 19.9. The van der Waals surface area contributed by atoms with Crippen molar-refractivity contribution in [2.75, 3.05) is 7.11 Å². The molecule has 0 amide bonds. The zero-order valence-corrected chi connectivity index (χ0v) is 20.9. The minimum atomic E-state index is -1.58. The highest BCUT2D eigenvalue weighted by Crippen LogP contribution is 2.69. The normalized spacial score (nSPS) is 47.7. The molecule has 0 aromatic carbocycles. The lowest BCUT2D eigenvalue weighted by Gasteiger charge is -2.62. The van der Waals surface area contributed by atoms with E-state index in [1.807, 2.05) is 0 Å². The van der Waals surface area contributed by atoms with Gasteiger partial charge in [-0.2, -0.15) is 0 Å². The molecule has 0 saturated heterocycles. The van der Waals surface area contributed by atoms with Gasteiger partial charge in [0.1, 0.15) is 13.7 Å². The summed E-state index contributed by atoms with van der Waals surface area (Å²) in [6, 6.07) is 0. The first-order valence-electron chi connectivity index (χ1n) is 11.7. The molecule has 2 fully saturated rings. The Morgan fingerprint density at radius 2 is 1.80 bits per heavy atom. The van der Waals surface area contributed by atoms with Gasteiger partial charge in [0.2, 0.25) is 0 Å². The molecule has 0 unspecified atom stereocenters. The number of methoxy groups -OCH3 is 1. The molecule has 166 valence electrons. The van der Waals surface area contributed by atoms with Gasteiger partial charge in [-0.05, 0) is 61.5 Å². The van der Waals surface area contributed by atoms with Gasteiger partial charge in [-0.3, -0.25) is 0 Å². The fourth-order valence-corrected chi connectivity index (χ4v) is 7.86. The Kier molecular flexibility index (Phi) is 4.98. The van der Waals surface area contributed by atoms with Crippen molar-refractivity contribution >= 4 is 8.07 Å².